The number of pyridine rings is 1. The van der Waals surface area contributed by atoms with Gasteiger partial charge in [0.05, 0.1) is 5.69 Å². The smallest absolute Gasteiger partial charge is 0.321 e. The fourth-order valence-corrected chi connectivity index (χ4v) is 2.39. The van der Waals surface area contributed by atoms with Crippen LogP contribution in [0.5, 0.6) is 0 Å². The van der Waals surface area contributed by atoms with Crippen molar-refractivity contribution in [3.63, 3.8) is 0 Å². The van der Waals surface area contributed by atoms with E-state index >= 15 is 0 Å². The summed E-state index contributed by atoms with van der Waals surface area (Å²) in [6, 6.07) is 13.9. The van der Waals surface area contributed by atoms with Gasteiger partial charge >= 0.3 is 6.03 Å². The van der Waals surface area contributed by atoms with Crippen LogP contribution in [0.15, 0.2) is 42.5 Å². The van der Waals surface area contributed by atoms with Gasteiger partial charge < -0.3 is 5.32 Å². The van der Waals surface area contributed by atoms with Gasteiger partial charge in [0, 0.05) is 30.0 Å². The lowest BCUT2D eigenvalue weighted by Crippen LogP contribution is -2.46. The van der Waals surface area contributed by atoms with Gasteiger partial charge in [-0.3, -0.25) is 9.88 Å². The van der Waals surface area contributed by atoms with Crippen molar-refractivity contribution in [1.82, 2.24) is 10.3 Å². The number of hydrogen-bond donors (Lipinski definition) is 1. The lowest BCUT2D eigenvalue weighted by molar-refractivity contribution is 0.243. The van der Waals surface area contributed by atoms with Crippen LogP contribution in [-0.4, -0.2) is 24.1 Å². The van der Waals surface area contributed by atoms with Crippen molar-refractivity contribution < 1.29 is 4.79 Å². The highest BCUT2D eigenvalue weighted by atomic mass is 16.2. The molecule has 0 atom stereocenters. The van der Waals surface area contributed by atoms with Gasteiger partial charge in [-0.1, -0.05) is 18.2 Å². The molecular weight excluding hydrogens is 250 g/mol. The van der Waals surface area contributed by atoms with Crippen molar-refractivity contribution in [2.45, 2.75) is 13.3 Å². The Hall–Kier alpha value is -2.36. The van der Waals surface area contributed by atoms with Gasteiger partial charge in [0.15, 0.2) is 0 Å². The predicted molar refractivity (Wildman–Crippen MR) is 79.8 cm³/mol. The number of hydrogen-bond acceptors (Lipinski definition) is 2. The molecule has 0 saturated carbocycles. The summed E-state index contributed by atoms with van der Waals surface area (Å²) in [5.41, 5.74) is 3.95. The topological polar surface area (TPSA) is 45.2 Å². The molecule has 1 aliphatic rings. The lowest BCUT2D eigenvalue weighted by Gasteiger charge is -2.27. The Bertz CT molecular complexity index is 622. The first kappa shape index (κ1) is 12.7. The average molecular weight is 267 g/mol. The molecule has 20 heavy (non-hydrogen) atoms. The molecule has 1 aromatic heterocycles. The van der Waals surface area contributed by atoms with Crippen LogP contribution in [0, 0.1) is 6.92 Å². The van der Waals surface area contributed by atoms with E-state index < -0.39 is 0 Å². The average Bonchev–Trinajstić information content (AvgIpc) is 2.48. The summed E-state index contributed by atoms with van der Waals surface area (Å²) >= 11 is 0. The van der Waals surface area contributed by atoms with E-state index in [4.69, 9.17) is 0 Å². The van der Waals surface area contributed by atoms with E-state index in [9.17, 15) is 4.79 Å². The first-order chi connectivity index (χ1) is 9.74. The molecule has 1 aliphatic heterocycles. The first-order valence-electron chi connectivity index (χ1n) is 6.83. The Labute approximate surface area is 118 Å². The molecule has 4 heteroatoms. The molecule has 102 valence electrons. The number of aryl methyl sites for hydroxylation is 1. The van der Waals surface area contributed by atoms with Crippen LogP contribution in [0.4, 0.5) is 10.5 Å². The predicted octanol–water partition coefficient (Wildman–Crippen LogP) is 2.98. The molecule has 0 aliphatic carbocycles. The molecular formula is C16H17N3O. The van der Waals surface area contributed by atoms with Gasteiger partial charge in [-0.15, -0.1) is 0 Å². The minimum absolute atomic E-state index is 0.0160. The van der Waals surface area contributed by atoms with Gasteiger partial charge in [-0.25, -0.2) is 4.79 Å². The van der Waals surface area contributed by atoms with Gasteiger partial charge in [0.2, 0.25) is 0 Å². The zero-order valence-electron chi connectivity index (χ0n) is 11.5. The summed E-state index contributed by atoms with van der Waals surface area (Å²) in [6.45, 7) is 3.52. The third-order valence-corrected chi connectivity index (χ3v) is 3.44. The van der Waals surface area contributed by atoms with Crippen LogP contribution >= 0.6 is 0 Å². The van der Waals surface area contributed by atoms with Crippen molar-refractivity contribution >= 4 is 11.7 Å². The van der Waals surface area contributed by atoms with E-state index in [1.54, 1.807) is 4.90 Å². The second kappa shape index (κ2) is 5.33. The largest absolute Gasteiger partial charge is 0.338 e. The summed E-state index contributed by atoms with van der Waals surface area (Å²) < 4.78 is 0. The number of carbonyl (C=O) groups excluding carboxylic acids is 1. The minimum atomic E-state index is -0.0160. The maximum absolute atomic E-state index is 11.8. The number of amides is 2. The molecule has 1 aromatic carbocycles. The number of aromatic nitrogens is 1. The van der Waals surface area contributed by atoms with E-state index in [0.717, 1.165) is 42.1 Å². The first-order valence-corrected chi connectivity index (χ1v) is 6.83. The molecule has 1 saturated heterocycles. The third kappa shape index (κ3) is 2.50. The number of nitrogens with zero attached hydrogens (tertiary/aromatic N) is 2. The van der Waals surface area contributed by atoms with Crippen LogP contribution in [0.1, 0.15) is 12.1 Å². The molecule has 0 bridgehead atoms. The second-order valence-electron chi connectivity index (χ2n) is 4.95. The Morgan fingerprint density at radius 3 is 2.65 bits per heavy atom. The molecule has 1 fully saturated rings. The Morgan fingerprint density at radius 2 is 1.95 bits per heavy atom. The number of anilines is 1. The number of nitrogens with one attached hydrogen (secondary N) is 1. The molecule has 2 aromatic rings. The van der Waals surface area contributed by atoms with Crippen LogP contribution in [0.25, 0.3) is 11.3 Å². The Morgan fingerprint density at radius 1 is 1.15 bits per heavy atom. The Balaban J connectivity index is 1.86. The molecule has 2 heterocycles. The van der Waals surface area contributed by atoms with Crippen LogP contribution < -0.4 is 10.2 Å². The zero-order chi connectivity index (χ0) is 13.9. The molecule has 0 radical (unpaired) electrons. The van der Waals surface area contributed by atoms with Crippen LogP contribution in [0.3, 0.4) is 0 Å². The molecule has 0 unspecified atom stereocenters. The summed E-state index contributed by atoms with van der Waals surface area (Å²) in [7, 11) is 0. The lowest BCUT2D eigenvalue weighted by atomic mass is 10.1. The highest BCUT2D eigenvalue weighted by Gasteiger charge is 2.18. The van der Waals surface area contributed by atoms with Crippen molar-refractivity contribution in [3.05, 3.63) is 48.2 Å². The molecule has 1 N–H and O–H groups in total. The summed E-state index contributed by atoms with van der Waals surface area (Å²) in [5.74, 6) is 0. The van der Waals surface area contributed by atoms with Crippen molar-refractivity contribution in [2.24, 2.45) is 0 Å². The number of rotatable bonds is 2. The van der Waals surface area contributed by atoms with Gasteiger partial charge in [0.25, 0.3) is 0 Å². The van der Waals surface area contributed by atoms with Crippen LogP contribution in [0.2, 0.25) is 0 Å². The van der Waals surface area contributed by atoms with Crippen LogP contribution in [-0.2, 0) is 0 Å². The summed E-state index contributed by atoms with van der Waals surface area (Å²) in [5, 5.41) is 2.86. The van der Waals surface area contributed by atoms with E-state index in [1.807, 2.05) is 49.4 Å². The summed E-state index contributed by atoms with van der Waals surface area (Å²) in [6.07, 6.45) is 0.979. The molecule has 0 spiro atoms. The molecule has 2 amide bonds. The molecule has 3 rings (SSSR count). The van der Waals surface area contributed by atoms with Crippen molar-refractivity contribution in [2.75, 3.05) is 18.0 Å². The monoisotopic (exact) mass is 267 g/mol. The molecule has 4 nitrogen and oxygen atoms in total. The third-order valence-electron chi connectivity index (χ3n) is 3.44. The fourth-order valence-electron chi connectivity index (χ4n) is 2.39. The normalized spacial score (nSPS) is 15.1. The SMILES string of the molecule is Cc1cccc(-c2ccc(N3CCCNC3=O)cc2)n1. The number of urea groups is 1. The number of benzene rings is 1. The highest BCUT2D eigenvalue weighted by Crippen LogP contribution is 2.23. The van der Waals surface area contributed by atoms with Crippen molar-refractivity contribution in [1.29, 1.82) is 0 Å². The van der Waals surface area contributed by atoms with E-state index in [0.29, 0.717) is 0 Å². The quantitative estimate of drug-likeness (QED) is 0.909. The van der Waals surface area contributed by atoms with Gasteiger partial charge in [-0.05, 0) is 37.6 Å². The Kier molecular flexibility index (Phi) is 3.37. The highest BCUT2D eigenvalue weighted by molar-refractivity contribution is 5.92. The van der Waals surface area contributed by atoms with E-state index in [1.165, 1.54) is 0 Å². The maximum atomic E-state index is 11.8. The van der Waals surface area contributed by atoms with Gasteiger partial charge in [0.1, 0.15) is 0 Å². The maximum Gasteiger partial charge on any atom is 0.321 e. The summed E-state index contributed by atoms with van der Waals surface area (Å²) in [4.78, 5) is 18.1. The fraction of sp³-hybridized carbons (Fsp3) is 0.250. The number of carbonyl (C=O) groups is 1. The van der Waals surface area contributed by atoms with Crippen molar-refractivity contribution in [3.8, 4) is 11.3 Å². The van der Waals surface area contributed by atoms with E-state index in [-0.39, 0.29) is 6.03 Å². The van der Waals surface area contributed by atoms with Gasteiger partial charge in [-0.2, -0.15) is 0 Å². The van der Waals surface area contributed by atoms with E-state index in [2.05, 4.69) is 10.3 Å². The minimum Gasteiger partial charge on any atom is -0.338 e. The zero-order valence-corrected chi connectivity index (χ0v) is 11.5. The standard InChI is InChI=1S/C16H17N3O/c1-12-4-2-5-15(18-12)13-6-8-14(9-7-13)19-11-3-10-17-16(19)20/h2,4-9H,3,10-11H2,1H3,(H,17,20). The second-order valence-corrected chi connectivity index (χ2v) is 4.95.